The van der Waals surface area contributed by atoms with Crippen LogP contribution in [0.3, 0.4) is 0 Å². The second-order valence-electron chi connectivity index (χ2n) is 9.63. The van der Waals surface area contributed by atoms with E-state index < -0.39 is 5.60 Å². The zero-order valence-corrected chi connectivity index (χ0v) is 19.8. The third kappa shape index (κ3) is 5.11. The molecule has 1 unspecified atom stereocenters. The number of hydrogen-bond acceptors (Lipinski definition) is 5. The van der Waals surface area contributed by atoms with Crippen LogP contribution in [0, 0.1) is 11.3 Å². The summed E-state index contributed by atoms with van der Waals surface area (Å²) in [6.45, 7) is 7.64. The molecule has 0 bridgehead atoms. The molecule has 1 atom stereocenters. The molecule has 172 valence electrons. The van der Waals surface area contributed by atoms with E-state index in [9.17, 15) is 4.79 Å². The van der Waals surface area contributed by atoms with E-state index in [1.54, 1.807) is 0 Å². The third-order valence-electron chi connectivity index (χ3n) is 5.97. The Morgan fingerprint density at radius 1 is 1.21 bits per heavy atom. The zero-order chi connectivity index (χ0) is 23.6. The molecule has 1 aromatic heterocycles. The Hall–Kier alpha value is -3.53. The number of nitriles is 1. The van der Waals surface area contributed by atoms with Crippen LogP contribution < -0.4 is 4.90 Å². The summed E-state index contributed by atoms with van der Waals surface area (Å²) >= 11 is 0. The van der Waals surface area contributed by atoms with Crippen LogP contribution in [0.15, 0.2) is 48.5 Å². The predicted octanol–water partition coefficient (Wildman–Crippen LogP) is 4.79. The number of anilines is 1. The number of hydrogen-bond donors (Lipinski definition) is 0. The van der Waals surface area contributed by atoms with E-state index in [0.717, 1.165) is 35.4 Å². The lowest BCUT2D eigenvalue weighted by molar-refractivity contribution is 0.0199. The Bertz CT molecular complexity index is 1170. The van der Waals surface area contributed by atoms with Crippen molar-refractivity contribution in [1.82, 2.24) is 14.5 Å². The van der Waals surface area contributed by atoms with Crippen molar-refractivity contribution in [3.8, 4) is 6.07 Å². The molecule has 7 nitrogen and oxygen atoms in total. The first-order valence-corrected chi connectivity index (χ1v) is 11.4. The molecule has 0 N–H and O–H groups in total. The fraction of sp³-hybridized carbons (Fsp3) is 0.423. The monoisotopic (exact) mass is 445 g/mol. The molecule has 1 saturated heterocycles. The van der Waals surface area contributed by atoms with Gasteiger partial charge in [0.1, 0.15) is 5.60 Å². The van der Waals surface area contributed by atoms with Crippen LogP contribution in [0.25, 0.3) is 11.0 Å². The van der Waals surface area contributed by atoms with Gasteiger partial charge in [0, 0.05) is 26.2 Å². The quantitative estimate of drug-likeness (QED) is 0.577. The summed E-state index contributed by atoms with van der Waals surface area (Å²) in [6.07, 6.45) is 1.65. The van der Waals surface area contributed by atoms with Gasteiger partial charge in [0.2, 0.25) is 5.95 Å². The van der Waals surface area contributed by atoms with E-state index >= 15 is 0 Å². The first-order chi connectivity index (χ1) is 15.7. The molecule has 2 aromatic carbocycles. The van der Waals surface area contributed by atoms with Crippen molar-refractivity contribution in [2.24, 2.45) is 0 Å². The Morgan fingerprint density at radius 2 is 1.94 bits per heavy atom. The van der Waals surface area contributed by atoms with Gasteiger partial charge in [0.05, 0.1) is 29.2 Å². The molecule has 2 heterocycles. The number of benzene rings is 2. The molecule has 0 saturated carbocycles. The van der Waals surface area contributed by atoms with E-state index in [4.69, 9.17) is 15.0 Å². The zero-order valence-electron chi connectivity index (χ0n) is 19.8. The number of likely N-dealkylation sites (tertiary alicyclic amines) is 1. The molecule has 33 heavy (non-hydrogen) atoms. The number of amides is 1. The highest BCUT2D eigenvalue weighted by Gasteiger charge is 2.31. The first-order valence-electron chi connectivity index (χ1n) is 11.4. The number of fused-ring (bicyclic) bond motifs is 1. The van der Waals surface area contributed by atoms with Gasteiger partial charge in [0.15, 0.2) is 0 Å². The van der Waals surface area contributed by atoms with Crippen LogP contribution in [-0.2, 0) is 11.3 Å². The minimum atomic E-state index is -0.509. The van der Waals surface area contributed by atoms with Gasteiger partial charge in [-0.05, 0) is 63.4 Å². The van der Waals surface area contributed by atoms with Crippen molar-refractivity contribution >= 4 is 23.1 Å². The molecular formula is C26H31N5O2. The first kappa shape index (κ1) is 22.7. The molecule has 0 aliphatic carbocycles. The molecule has 3 aromatic rings. The van der Waals surface area contributed by atoms with Crippen LogP contribution in [0.4, 0.5) is 10.7 Å². The average molecular weight is 446 g/mol. The van der Waals surface area contributed by atoms with Crippen molar-refractivity contribution in [1.29, 1.82) is 5.26 Å². The molecule has 1 amide bonds. The molecular weight excluding hydrogens is 414 g/mol. The minimum absolute atomic E-state index is 0.141. The summed E-state index contributed by atoms with van der Waals surface area (Å²) in [5, 5.41) is 9.10. The number of likely N-dealkylation sites (N-methyl/N-ethyl adjacent to an activating group) is 1. The maximum Gasteiger partial charge on any atom is 0.410 e. The highest BCUT2D eigenvalue weighted by Crippen LogP contribution is 2.27. The summed E-state index contributed by atoms with van der Waals surface area (Å²) in [5.41, 5.74) is 3.24. The summed E-state index contributed by atoms with van der Waals surface area (Å²) in [6, 6.07) is 18.1. The van der Waals surface area contributed by atoms with Crippen molar-refractivity contribution in [3.05, 3.63) is 59.7 Å². The highest BCUT2D eigenvalue weighted by atomic mass is 16.6. The summed E-state index contributed by atoms with van der Waals surface area (Å²) in [7, 11) is 2.06. The molecule has 1 fully saturated rings. The number of carbonyl (C=O) groups excluding carboxylic acids is 1. The fourth-order valence-electron chi connectivity index (χ4n) is 4.28. The second kappa shape index (κ2) is 9.14. The molecule has 1 aliphatic rings. The van der Waals surface area contributed by atoms with Gasteiger partial charge in [0.25, 0.3) is 0 Å². The maximum absolute atomic E-state index is 12.7. The molecule has 7 heteroatoms. The Balaban J connectivity index is 1.61. The number of rotatable bonds is 4. The number of imidazole rings is 1. The summed E-state index contributed by atoms with van der Waals surface area (Å²) in [4.78, 5) is 21.6. The smallest absolute Gasteiger partial charge is 0.410 e. The number of piperidine rings is 1. The Labute approximate surface area is 195 Å². The minimum Gasteiger partial charge on any atom is -0.444 e. The van der Waals surface area contributed by atoms with E-state index in [0.29, 0.717) is 25.2 Å². The van der Waals surface area contributed by atoms with Crippen LogP contribution >= 0.6 is 0 Å². The summed E-state index contributed by atoms with van der Waals surface area (Å²) < 4.78 is 7.82. The summed E-state index contributed by atoms with van der Waals surface area (Å²) in [5.74, 6) is 0.872. The Kier molecular flexibility index (Phi) is 6.28. The van der Waals surface area contributed by atoms with E-state index in [-0.39, 0.29) is 12.1 Å². The van der Waals surface area contributed by atoms with Crippen molar-refractivity contribution in [3.63, 3.8) is 0 Å². The number of carbonyl (C=O) groups is 1. The van der Waals surface area contributed by atoms with Crippen LogP contribution in [0.1, 0.15) is 44.7 Å². The van der Waals surface area contributed by atoms with E-state index in [2.05, 4.69) is 28.7 Å². The lowest BCUT2D eigenvalue weighted by Crippen LogP contribution is -2.50. The van der Waals surface area contributed by atoms with E-state index in [1.807, 2.05) is 68.1 Å². The van der Waals surface area contributed by atoms with Gasteiger partial charge >= 0.3 is 6.09 Å². The van der Waals surface area contributed by atoms with E-state index in [1.165, 1.54) is 0 Å². The second-order valence-corrected chi connectivity index (χ2v) is 9.63. The van der Waals surface area contributed by atoms with Gasteiger partial charge in [-0.25, -0.2) is 9.78 Å². The lowest BCUT2D eigenvalue weighted by atomic mass is 10.1. The fourth-order valence-corrected chi connectivity index (χ4v) is 4.28. The van der Waals surface area contributed by atoms with Gasteiger partial charge in [-0.15, -0.1) is 0 Å². The largest absolute Gasteiger partial charge is 0.444 e. The van der Waals surface area contributed by atoms with Crippen LogP contribution in [0.5, 0.6) is 0 Å². The maximum atomic E-state index is 12.7. The van der Waals surface area contributed by atoms with Gasteiger partial charge in [-0.2, -0.15) is 5.26 Å². The number of para-hydroxylation sites is 2. The average Bonchev–Trinajstić information content (AvgIpc) is 3.16. The molecule has 1 aliphatic heterocycles. The number of nitrogens with zero attached hydrogens (tertiary/aromatic N) is 5. The van der Waals surface area contributed by atoms with Gasteiger partial charge in [-0.1, -0.05) is 24.3 Å². The number of ether oxygens (including phenoxy) is 1. The SMILES string of the molecule is CN(c1nc2ccccc2n1Cc1ccc(C#N)cc1)C1CCCN(C(=O)OC(C)(C)C)C1. The standard InChI is InChI=1S/C26H31N5O2/c1-26(2,3)33-25(32)30-15-7-8-21(18-30)29(4)24-28-22-9-5-6-10-23(22)31(24)17-20-13-11-19(16-27)12-14-20/h5-6,9-14,21H,7-8,15,17-18H2,1-4H3. The highest BCUT2D eigenvalue weighted by molar-refractivity contribution is 5.79. The van der Waals surface area contributed by atoms with Gasteiger partial charge < -0.3 is 19.1 Å². The molecule has 0 radical (unpaired) electrons. The van der Waals surface area contributed by atoms with Crippen molar-refractivity contribution in [2.45, 2.75) is 51.8 Å². The topological polar surface area (TPSA) is 74.4 Å². The predicted molar refractivity (Wildman–Crippen MR) is 129 cm³/mol. The van der Waals surface area contributed by atoms with Crippen molar-refractivity contribution in [2.75, 3.05) is 25.0 Å². The van der Waals surface area contributed by atoms with Crippen LogP contribution in [-0.4, -0.2) is 52.3 Å². The molecule has 4 rings (SSSR count). The normalized spacial score (nSPS) is 16.5. The lowest BCUT2D eigenvalue weighted by Gasteiger charge is -2.38. The van der Waals surface area contributed by atoms with Crippen LogP contribution in [0.2, 0.25) is 0 Å². The molecule has 0 spiro atoms. The van der Waals surface area contributed by atoms with Gasteiger partial charge in [-0.3, -0.25) is 0 Å². The number of aromatic nitrogens is 2. The Morgan fingerprint density at radius 3 is 2.64 bits per heavy atom. The third-order valence-corrected chi connectivity index (χ3v) is 5.97. The van der Waals surface area contributed by atoms with Crippen molar-refractivity contribution < 1.29 is 9.53 Å².